The van der Waals surface area contributed by atoms with Crippen molar-refractivity contribution in [1.82, 2.24) is 10.6 Å². The van der Waals surface area contributed by atoms with Crippen LogP contribution in [0.25, 0.3) is 0 Å². The Hall–Kier alpha value is -0.120. The molecule has 3 heteroatoms. The Morgan fingerprint density at radius 1 is 1.27 bits per heavy atom. The highest BCUT2D eigenvalue weighted by Crippen LogP contribution is 1.80. The zero-order valence-electron chi connectivity index (χ0n) is 7.72. The first kappa shape index (κ1) is 10.9. The number of aliphatic hydroxyl groups excluding tert-OH is 1. The van der Waals surface area contributed by atoms with Crippen molar-refractivity contribution in [2.75, 3.05) is 19.6 Å². The molecule has 0 aromatic carbocycles. The van der Waals surface area contributed by atoms with Crippen molar-refractivity contribution in [2.45, 2.75) is 32.9 Å². The normalized spacial score (nSPS) is 13.9. The van der Waals surface area contributed by atoms with Crippen LogP contribution in [0.15, 0.2) is 0 Å². The van der Waals surface area contributed by atoms with E-state index in [1.807, 2.05) is 6.92 Å². The van der Waals surface area contributed by atoms with Gasteiger partial charge in [-0.25, -0.2) is 0 Å². The van der Waals surface area contributed by atoms with Crippen molar-refractivity contribution >= 4 is 0 Å². The maximum absolute atomic E-state index is 9.30. The number of nitrogens with one attached hydrogen (secondary N) is 2. The summed E-state index contributed by atoms with van der Waals surface area (Å²) in [6, 6.07) is 0.450. The average molecular weight is 160 g/mol. The highest BCUT2D eigenvalue weighted by atomic mass is 16.3. The molecule has 68 valence electrons. The second-order valence-electron chi connectivity index (χ2n) is 3.02. The van der Waals surface area contributed by atoms with Crippen molar-refractivity contribution in [3.63, 3.8) is 0 Å². The second kappa shape index (κ2) is 6.58. The monoisotopic (exact) mass is 160 g/mol. The van der Waals surface area contributed by atoms with Crippen molar-refractivity contribution in [1.29, 1.82) is 0 Å². The van der Waals surface area contributed by atoms with Gasteiger partial charge in [-0.15, -0.1) is 0 Å². The van der Waals surface area contributed by atoms with Crippen LogP contribution < -0.4 is 10.6 Å². The number of rotatable bonds is 6. The van der Waals surface area contributed by atoms with E-state index in [1.54, 1.807) is 0 Å². The van der Waals surface area contributed by atoms with Gasteiger partial charge in [0.2, 0.25) is 0 Å². The zero-order chi connectivity index (χ0) is 8.69. The predicted molar refractivity (Wildman–Crippen MR) is 47.7 cm³/mol. The van der Waals surface area contributed by atoms with E-state index in [0.717, 1.165) is 6.54 Å². The largest absolute Gasteiger partial charge is 0.390 e. The first-order valence-corrected chi connectivity index (χ1v) is 4.29. The van der Waals surface area contributed by atoms with Crippen LogP contribution in [0.2, 0.25) is 0 Å². The zero-order valence-corrected chi connectivity index (χ0v) is 7.72. The summed E-state index contributed by atoms with van der Waals surface area (Å²) >= 11 is 0. The molecule has 0 radical (unpaired) electrons. The van der Waals surface area contributed by atoms with Crippen LogP contribution in [0.1, 0.15) is 20.8 Å². The van der Waals surface area contributed by atoms with Crippen LogP contribution in [0.5, 0.6) is 0 Å². The maximum Gasteiger partial charge on any atom is 0.0788 e. The smallest absolute Gasteiger partial charge is 0.0788 e. The van der Waals surface area contributed by atoms with E-state index in [0.29, 0.717) is 19.1 Å². The molecule has 0 aliphatic carbocycles. The van der Waals surface area contributed by atoms with Gasteiger partial charge in [-0.1, -0.05) is 20.8 Å². The first-order chi connectivity index (χ1) is 5.16. The predicted octanol–water partition coefficient (Wildman–Crippen LogP) is -0.0452. The summed E-state index contributed by atoms with van der Waals surface area (Å²) in [5.41, 5.74) is 0. The summed E-state index contributed by atoms with van der Waals surface area (Å²) in [6.07, 6.45) is -0.266. The number of hydrogen-bond acceptors (Lipinski definition) is 3. The van der Waals surface area contributed by atoms with Gasteiger partial charge in [0.1, 0.15) is 0 Å². The van der Waals surface area contributed by atoms with Gasteiger partial charge < -0.3 is 15.7 Å². The third-order valence-corrected chi connectivity index (χ3v) is 1.39. The van der Waals surface area contributed by atoms with Gasteiger partial charge in [-0.05, 0) is 6.54 Å². The van der Waals surface area contributed by atoms with Crippen LogP contribution in [-0.2, 0) is 0 Å². The van der Waals surface area contributed by atoms with Crippen LogP contribution in [-0.4, -0.2) is 36.9 Å². The third kappa shape index (κ3) is 7.78. The SMILES string of the molecule is CCNCC(O)CNC(C)C. The van der Waals surface area contributed by atoms with E-state index >= 15 is 0 Å². The topological polar surface area (TPSA) is 44.3 Å². The lowest BCUT2D eigenvalue weighted by Crippen LogP contribution is -2.37. The lowest BCUT2D eigenvalue weighted by Gasteiger charge is -2.13. The molecular formula is C8H20N2O. The molecule has 1 unspecified atom stereocenters. The number of aliphatic hydroxyl groups is 1. The van der Waals surface area contributed by atoms with Crippen molar-refractivity contribution < 1.29 is 5.11 Å². The molecule has 0 bridgehead atoms. The summed E-state index contributed by atoms with van der Waals surface area (Å²) in [5, 5.41) is 15.6. The molecule has 1 atom stereocenters. The van der Waals surface area contributed by atoms with Crippen molar-refractivity contribution in [3.8, 4) is 0 Å². The summed E-state index contributed by atoms with van der Waals surface area (Å²) < 4.78 is 0. The Labute approximate surface area is 69.2 Å². The maximum atomic E-state index is 9.30. The lowest BCUT2D eigenvalue weighted by molar-refractivity contribution is 0.166. The Kier molecular flexibility index (Phi) is 6.51. The second-order valence-corrected chi connectivity index (χ2v) is 3.02. The quantitative estimate of drug-likeness (QED) is 0.510. The van der Waals surface area contributed by atoms with E-state index in [1.165, 1.54) is 0 Å². The van der Waals surface area contributed by atoms with E-state index in [2.05, 4.69) is 24.5 Å². The summed E-state index contributed by atoms with van der Waals surface area (Å²) in [4.78, 5) is 0. The molecule has 11 heavy (non-hydrogen) atoms. The van der Waals surface area contributed by atoms with Crippen molar-refractivity contribution in [3.05, 3.63) is 0 Å². The molecule has 0 saturated heterocycles. The van der Waals surface area contributed by atoms with E-state index < -0.39 is 0 Å². The fourth-order valence-electron chi connectivity index (χ4n) is 0.755. The van der Waals surface area contributed by atoms with Crippen molar-refractivity contribution in [2.24, 2.45) is 0 Å². The standard InChI is InChI=1S/C8H20N2O/c1-4-9-5-8(11)6-10-7(2)3/h7-11H,4-6H2,1-3H3. The third-order valence-electron chi connectivity index (χ3n) is 1.39. The summed E-state index contributed by atoms with van der Waals surface area (Å²) in [7, 11) is 0. The molecule has 0 aliphatic rings. The molecule has 0 aromatic rings. The first-order valence-electron chi connectivity index (χ1n) is 4.29. The Balaban J connectivity index is 3.15. The van der Waals surface area contributed by atoms with Crippen LogP contribution in [0, 0.1) is 0 Å². The summed E-state index contributed by atoms with van der Waals surface area (Å²) in [5.74, 6) is 0. The average Bonchev–Trinajstić information content (AvgIpc) is 1.97. The molecule has 3 nitrogen and oxygen atoms in total. The van der Waals surface area contributed by atoms with E-state index in [9.17, 15) is 5.11 Å². The Morgan fingerprint density at radius 3 is 2.36 bits per heavy atom. The van der Waals surface area contributed by atoms with Crippen LogP contribution in [0.3, 0.4) is 0 Å². The van der Waals surface area contributed by atoms with Gasteiger partial charge in [0.15, 0.2) is 0 Å². The van der Waals surface area contributed by atoms with Gasteiger partial charge in [0, 0.05) is 19.1 Å². The lowest BCUT2D eigenvalue weighted by atomic mass is 10.3. The molecule has 0 rings (SSSR count). The van der Waals surface area contributed by atoms with Gasteiger partial charge >= 0.3 is 0 Å². The minimum atomic E-state index is -0.266. The van der Waals surface area contributed by atoms with Gasteiger partial charge in [-0.3, -0.25) is 0 Å². The van der Waals surface area contributed by atoms with Crippen LogP contribution >= 0.6 is 0 Å². The highest BCUT2D eigenvalue weighted by molar-refractivity contribution is 4.63. The van der Waals surface area contributed by atoms with Gasteiger partial charge in [0.05, 0.1) is 6.10 Å². The highest BCUT2D eigenvalue weighted by Gasteiger charge is 2.02. The molecule has 0 heterocycles. The fourth-order valence-corrected chi connectivity index (χ4v) is 0.755. The van der Waals surface area contributed by atoms with E-state index in [4.69, 9.17) is 0 Å². The van der Waals surface area contributed by atoms with Gasteiger partial charge in [0.25, 0.3) is 0 Å². The molecule has 0 spiro atoms. The minimum Gasteiger partial charge on any atom is -0.390 e. The molecule has 0 fully saturated rings. The van der Waals surface area contributed by atoms with Gasteiger partial charge in [-0.2, -0.15) is 0 Å². The number of likely N-dealkylation sites (N-methyl/N-ethyl adjacent to an activating group) is 1. The summed E-state index contributed by atoms with van der Waals surface area (Å²) in [6.45, 7) is 8.43. The number of hydrogen-bond donors (Lipinski definition) is 3. The van der Waals surface area contributed by atoms with E-state index in [-0.39, 0.29) is 6.10 Å². The minimum absolute atomic E-state index is 0.266. The Bertz CT molecular complexity index is 86.2. The Morgan fingerprint density at radius 2 is 1.91 bits per heavy atom. The molecular weight excluding hydrogens is 140 g/mol. The fraction of sp³-hybridized carbons (Fsp3) is 1.00. The molecule has 0 aromatic heterocycles. The molecule has 0 amide bonds. The van der Waals surface area contributed by atoms with Crippen LogP contribution in [0.4, 0.5) is 0 Å². The molecule has 0 aliphatic heterocycles. The molecule has 0 saturated carbocycles. The molecule has 3 N–H and O–H groups in total.